The van der Waals surface area contributed by atoms with Crippen molar-refractivity contribution < 1.29 is 9.90 Å². The molecule has 0 N–H and O–H groups in total. The van der Waals surface area contributed by atoms with Gasteiger partial charge in [-0.2, -0.15) is 0 Å². The van der Waals surface area contributed by atoms with Gasteiger partial charge in [0.2, 0.25) is 0 Å². The number of aryl methyl sites for hydroxylation is 2. The highest BCUT2D eigenvalue weighted by molar-refractivity contribution is 8.00. The van der Waals surface area contributed by atoms with Crippen molar-refractivity contribution >= 4 is 39.3 Å². The average molecular weight is 267 g/mol. The summed E-state index contributed by atoms with van der Waals surface area (Å²) in [4.78, 5) is 21.2. The maximum atomic E-state index is 10.8. The molecular weight excluding hydrogens is 256 g/mol. The van der Waals surface area contributed by atoms with Gasteiger partial charge in [-0.3, -0.25) is 0 Å². The van der Waals surface area contributed by atoms with Crippen LogP contribution in [0, 0.1) is 13.8 Å². The minimum absolute atomic E-state index is 0.618. The molecular formula is C11H11N2O2S2-. The fraction of sp³-hybridized carbons (Fsp3) is 0.364. The summed E-state index contributed by atoms with van der Waals surface area (Å²) in [5.41, 5.74) is 1.12. The fourth-order valence-electron chi connectivity index (χ4n) is 1.46. The van der Waals surface area contributed by atoms with Gasteiger partial charge in [-0.25, -0.2) is 9.97 Å². The number of nitrogens with zero attached hydrogens (tertiary/aromatic N) is 2. The van der Waals surface area contributed by atoms with Crippen LogP contribution in [0.25, 0.3) is 10.2 Å². The van der Waals surface area contributed by atoms with Crippen LogP contribution in [0.2, 0.25) is 0 Å². The van der Waals surface area contributed by atoms with Crippen molar-refractivity contribution in [1.29, 1.82) is 0 Å². The van der Waals surface area contributed by atoms with Crippen molar-refractivity contribution in [3.63, 3.8) is 0 Å². The number of thioether (sulfide) groups is 1. The summed E-state index contributed by atoms with van der Waals surface area (Å²) in [6, 6.07) is 0. The van der Waals surface area contributed by atoms with E-state index in [9.17, 15) is 9.90 Å². The third kappa shape index (κ3) is 2.28. The lowest BCUT2D eigenvalue weighted by Crippen LogP contribution is -2.31. The van der Waals surface area contributed by atoms with Crippen molar-refractivity contribution in [1.82, 2.24) is 9.97 Å². The zero-order valence-corrected chi connectivity index (χ0v) is 11.3. The lowest BCUT2D eigenvalue weighted by Gasteiger charge is -2.11. The summed E-state index contributed by atoms with van der Waals surface area (Å²) >= 11 is 2.80. The van der Waals surface area contributed by atoms with E-state index < -0.39 is 11.2 Å². The number of rotatable bonds is 3. The highest BCUT2D eigenvalue weighted by atomic mass is 32.2. The second-order valence-electron chi connectivity index (χ2n) is 3.72. The van der Waals surface area contributed by atoms with Crippen LogP contribution in [-0.2, 0) is 4.79 Å². The van der Waals surface area contributed by atoms with Crippen LogP contribution in [0.3, 0.4) is 0 Å². The largest absolute Gasteiger partial charge is 0.549 e. The number of carbonyl (C=O) groups is 1. The Morgan fingerprint density at radius 3 is 2.82 bits per heavy atom. The third-order valence-electron chi connectivity index (χ3n) is 2.55. The summed E-state index contributed by atoms with van der Waals surface area (Å²) in [6.07, 6.45) is 1.47. The quantitative estimate of drug-likeness (QED) is 0.623. The Morgan fingerprint density at radius 2 is 2.18 bits per heavy atom. The zero-order valence-electron chi connectivity index (χ0n) is 9.68. The molecule has 0 amide bonds. The molecule has 2 heterocycles. The molecule has 0 aliphatic heterocycles. The fourth-order valence-corrected chi connectivity index (χ4v) is 3.42. The van der Waals surface area contributed by atoms with Crippen LogP contribution in [0.15, 0.2) is 11.4 Å². The number of carboxylic acids is 1. The molecule has 0 spiro atoms. The maximum absolute atomic E-state index is 10.8. The Balaban J connectivity index is 2.50. The molecule has 0 aliphatic rings. The SMILES string of the molecule is Cc1sc2ncnc(S[C@@H](C)C(=O)[O-])c2c1C. The summed E-state index contributed by atoms with van der Waals surface area (Å²) in [5, 5.41) is 11.8. The predicted molar refractivity (Wildman–Crippen MR) is 67.2 cm³/mol. The third-order valence-corrected chi connectivity index (χ3v) is 4.74. The number of hydrogen-bond donors (Lipinski definition) is 0. The van der Waals surface area contributed by atoms with Gasteiger partial charge < -0.3 is 9.90 Å². The molecule has 0 saturated heterocycles. The molecule has 4 nitrogen and oxygen atoms in total. The Labute approximate surface area is 107 Å². The van der Waals surface area contributed by atoms with Crippen LogP contribution in [0.1, 0.15) is 17.4 Å². The standard InChI is InChI=1S/C11H12N2O2S2/c1-5-6(2)16-9-8(5)10(13-4-12-9)17-7(3)11(14)15/h4,7H,1-3H3,(H,14,15)/p-1/t7-/m0/s1. The number of thiophene rings is 1. The van der Waals surface area contributed by atoms with Gasteiger partial charge in [0, 0.05) is 15.5 Å². The minimum atomic E-state index is -1.08. The van der Waals surface area contributed by atoms with E-state index in [1.54, 1.807) is 18.3 Å². The van der Waals surface area contributed by atoms with Gasteiger partial charge in [0.05, 0.1) is 5.97 Å². The summed E-state index contributed by atoms with van der Waals surface area (Å²) in [5.74, 6) is -1.08. The lowest BCUT2D eigenvalue weighted by atomic mass is 10.2. The highest BCUT2D eigenvalue weighted by Gasteiger charge is 2.15. The predicted octanol–water partition coefficient (Wildman–Crippen LogP) is 1.54. The molecule has 0 aliphatic carbocycles. The minimum Gasteiger partial charge on any atom is -0.549 e. The Bertz CT molecular complexity index is 580. The summed E-state index contributed by atoms with van der Waals surface area (Å²) in [6.45, 7) is 5.63. The van der Waals surface area contributed by atoms with E-state index in [0.717, 1.165) is 15.8 Å². The molecule has 2 aromatic heterocycles. The van der Waals surface area contributed by atoms with Gasteiger partial charge >= 0.3 is 0 Å². The number of aliphatic carboxylic acids is 1. The lowest BCUT2D eigenvalue weighted by molar-refractivity contribution is -0.304. The maximum Gasteiger partial charge on any atom is 0.128 e. The summed E-state index contributed by atoms with van der Waals surface area (Å²) in [7, 11) is 0. The van der Waals surface area contributed by atoms with E-state index in [4.69, 9.17) is 0 Å². The second kappa shape index (κ2) is 4.62. The van der Waals surface area contributed by atoms with Gasteiger partial charge in [-0.1, -0.05) is 11.8 Å². The van der Waals surface area contributed by atoms with E-state index >= 15 is 0 Å². The number of carboxylic acid groups (broad SMARTS) is 1. The van der Waals surface area contributed by atoms with Crippen LogP contribution in [0.4, 0.5) is 0 Å². The molecule has 0 bridgehead atoms. The van der Waals surface area contributed by atoms with Gasteiger partial charge in [0.15, 0.2) is 0 Å². The van der Waals surface area contributed by atoms with E-state index in [0.29, 0.717) is 5.03 Å². The first-order chi connectivity index (χ1) is 8.00. The molecule has 0 radical (unpaired) electrons. The number of hydrogen-bond acceptors (Lipinski definition) is 6. The van der Waals surface area contributed by atoms with Crippen molar-refractivity contribution in [3.8, 4) is 0 Å². The van der Waals surface area contributed by atoms with Crippen molar-refractivity contribution in [2.24, 2.45) is 0 Å². The molecule has 0 saturated carbocycles. The molecule has 0 fully saturated rings. The van der Waals surface area contributed by atoms with Crippen LogP contribution < -0.4 is 5.11 Å². The van der Waals surface area contributed by atoms with E-state index in [1.165, 1.54) is 23.0 Å². The van der Waals surface area contributed by atoms with Crippen LogP contribution >= 0.6 is 23.1 Å². The topological polar surface area (TPSA) is 65.9 Å². The number of carbonyl (C=O) groups excluding carboxylic acids is 1. The molecule has 17 heavy (non-hydrogen) atoms. The zero-order chi connectivity index (χ0) is 12.6. The van der Waals surface area contributed by atoms with Gasteiger partial charge in [-0.05, 0) is 26.3 Å². The molecule has 2 aromatic rings. The molecule has 2 rings (SSSR count). The Morgan fingerprint density at radius 1 is 1.47 bits per heavy atom. The first kappa shape index (κ1) is 12.3. The molecule has 0 unspecified atom stereocenters. The van der Waals surface area contributed by atoms with Crippen molar-refractivity contribution in [2.45, 2.75) is 31.0 Å². The number of fused-ring (bicyclic) bond motifs is 1. The Hall–Kier alpha value is -1.14. The molecule has 6 heteroatoms. The molecule has 1 atom stereocenters. The van der Waals surface area contributed by atoms with Gasteiger partial charge in [-0.15, -0.1) is 11.3 Å². The van der Waals surface area contributed by atoms with E-state index in [2.05, 4.69) is 9.97 Å². The number of aromatic nitrogens is 2. The van der Waals surface area contributed by atoms with Crippen LogP contribution in [-0.4, -0.2) is 21.2 Å². The van der Waals surface area contributed by atoms with Crippen LogP contribution in [0.5, 0.6) is 0 Å². The van der Waals surface area contributed by atoms with Gasteiger partial charge in [0.25, 0.3) is 0 Å². The smallest absolute Gasteiger partial charge is 0.128 e. The first-order valence-corrected chi connectivity index (χ1v) is 6.78. The molecule has 90 valence electrons. The molecule has 0 aromatic carbocycles. The average Bonchev–Trinajstić information content (AvgIpc) is 2.56. The van der Waals surface area contributed by atoms with E-state index in [1.807, 2.05) is 13.8 Å². The van der Waals surface area contributed by atoms with Gasteiger partial charge in [0.1, 0.15) is 16.2 Å². The van der Waals surface area contributed by atoms with Crippen molar-refractivity contribution in [3.05, 3.63) is 16.8 Å². The first-order valence-electron chi connectivity index (χ1n) is 5.09. The normalized spacial score (nSPS) is 12.9. The second-order valence-corrected chi connectivity index (χ2v) is 6.25. The van der Waals surface area contributed by atoms with Crippen molar-refractivity contribution in [2.75, 3.05) is 0 Å². The summed E-state index contributed by atoms with van der Waals surface area (Å²) < 4.78 is 0. The Kier molecular flexibility index (Phi) is 3.35. The monoisotopic (exact) mass is 267 g/mol. The highest BCUT2D eigenvalue weighted by Crippen LogP contribution is 2.35. The van der Waals surface area contributed by atoms with E-state index in [-0.39, 0.29) is 0 Å².